The first-order chi connectivity index (χ1) is 7.53. The van der Waals surface area contributed by atoms with Crippen molar-refractivity contribution < 1.29 is 19.8 Å². The molecule has 1 amide bonds. The van der Waals surface area contributed by atoms with Crippen molar-refractivity contribution in [3.05, 3.63) is 0 Å². The lowest BCUT2D eigenvalue weighted by molar-refractivity contribution is -0.149. The van der Waals surface area contributed by atoms with Gasteiger partial charge in [0.2, 0.25) is 5.91 Å². The Morgan fingerprint density at radius 1 is 1.44 bits per heavy atom. The van der Waals surface area contributed by atoms with E-state index in [0.717, 1.165) is 0 Å². The molecule has 5 nitrogen and oxygen atoms in total. The second-order valence-corrected chi connectivity index (χ2v) is 4.35. The van der Waals surface area contributed by atoms with Crippen LogP contribution in [0.4, 0.5) is 0 Å². The minimum atomic E-state index is -1.15. The third kappa shape index (κ3) is 2.95. The normalized spacial score (nSPS) is 18.9. The van der Waals surface area contributed by atoms with Crippen molar-refractivity contribution in [3.63, 3.8) is 0 Å². The molecule has 1 atom stereocenters. The summed E-state index contributed by atoms with van der Waals surface area (Å²) in [5, 5.41) is 20.7. The average molecular weight is 229 g/mol. The second-order valence-electron chi connectivity index (χ2n) is 4.35. The SMILES string of the molecule is CCC(O)CCCNC(=O)C1(C(=O)O)CC1. The fourth-order valence-corrected chi connectivity index (χ4v) is 1.58. The molecule has 0 saturated heterocycles. The Morgan fingerprint density at radius 2 is 2.06 bits per heavy atom. The molecular formula is C11H19NO4. The van der Waals surface area contributed by atoms with Crippen molar-refractivity contribution in [1.29, 1.82) is 0 Å². The van der Waals surface area contributed by atoms with E-state index in [1.165, 1.54) is 0 Å². The number of hydrogen-bond donors (Lipinski definition) is 3. The monoisotopic (exact) mass is 229 g/mol. The number of nitrogens with one attached hydrogen (secondary N) is 1. The standard InChI is InChI=1S/C11H19NO4/c1-2-8(13)4-3-7-12-9(14)11(5-6-11)10(15)16/h8,13H,2-7H2,1H3,(H,12,14)(H,15,16). The fourth-order valence-electron chi connectivity index (χ4n) is 1.58. The highest BCUT2D eigenvalue weighted by Crippen LogP contribution is 2.45. The van der Waals surface area contributed by atoms with E-state index >= 15 is 0 Å². The summed E-state index contributed by atoms with van der Waals surface area (Å²) in [6.45, 7) is 2.33. The van der Waals surface area contributed by atoms with Crippen molar-refractivity contribution in [2.45, 2.75) is 45.1 Å². The van der Waals surface area contributed by atoms with Gasteiger partial charge < -0.3 is 15.5 Å². The number of carbonyl (C=O) groups is 2. The molecule has 1 aliphatic carbocycles. The van der Waals surface area contributed by atoms with Gasteiger partial charge in [-0.15, -0.1) is 0 Å². The third-order valence-corrected chi connectivity index (χ3v) is 3.06. The lowest BCUT2D eigenvalue weighted by atomic mass is 10.1. The van der Waals surface area contributed by atoms with Crippen LogP contribution in [-0.2, 0) is 9.59 Å². The number of rotatable bonds is 7. The molecule has 0 spiro atoms. The summed E-state index contributed by atoms with van der Waals surface area (Å²) in [7, 11) is 0. The Bertz CT molecular complexity index is 273. The Morgan fingerprint density at radius 3 is 2.50 bits per heavy atom. The van der Waals surface area contributed by atoms with E-state index in [4.69, 9.17) is 5.11 Å². The number of aliphatic hydroxyl groups excluding tert-OH is 1. The van der Waals surface area contributed by atoms with Crippen LogP contribution in [0.25, 0.3) is 0 Å². The maximum atomic E-state index is 11.5. The number of aliphatic carboxylic acids is 1. The summed E-state index contributed by atoms with van der Waals surface area (Å²) >= 11 is 0. The fraction of sp³-hybridized carbons (Fsp3) is 0.818. The van der Waals surface area contributed by atoms with Crippen molar-refractivity contribution in [3.8, 4) is 0 Å². The molecule has 1 saturated carbocycles. The van der Waals surface area contributed by atoms with Crippen LogP contribution in [0.2, 0.25) is 0 Å². The molecule has 0 heterocycles. The predicted octanol–water partition coefficient (Wildman–Crippen LogP) is 0.518. The zero-order valence-corrected chi connectivity index (χ0v) is 9.53. The summed E-state index contributed by atoms with van der Waals surface area (Å²) in [5.74, 6) is -1.41. The summed E-state index contributed by atoms with van der Waals surface area (Å²) < 4.78 is 0. The number of aliphatic hydroxyl groups is 1. The van der Waals surface area contributed by atoms with Gasteiger partial charge in [0.15, 0.2) is 0 Å². The highest BCUT2D eigenvalue weighted by Gasteiger charge is 2.56. The van der Waals surface area contributed by atoms with Crippen LogP contribution < -0.4 is 5.32 Å². The topological polar surface area (TPSA) is 86.6 Å². The first-order valence-electron chi connectivity index (χ1n) is 5.72. The number of carboxylic acid groups (broad SMARTS) is 1. The first kappa shape index (κ1) is 13.0. The molecule has 1 rings (SSSR count). The zero-order chi connectivity index (χ0) is 12.2. The van der Waals surface area contributed by atoms with E-state index in [-0.39, 0.29) is 12.0 Å². The molecule has 5 heteroatoms. The lowest BCUT2D eigenvalue weighted by Gasteiger charge is -2.11. The van der Waals surface area contributed by atoms with Gasteiger partial charge in [-0.1, -0.05) is 6.92 Å². The lowest BCUT2D eigenvalue weighted by Crippen LogP contribution is -2.37. The van der Waals surface area contributed by atoms with Crippen LogP contribution in [0, 0.1) is 5.41 Å². The maximum Gasteiger partial charge on any atom is 0.319 e. The third-order valence-electron chi connectivity index (χ3n) is 3.06. The van der Waals surface area contributed by atoms with Gasteiger partial charge in [0.25, 0.3) is 0 Å². The van der Waals surface area contributed by atoms with Gasteiger partial charge in [-0.05, 0) is 32.1 Å². The highest BCUT2D eigenvalue weighted by atomic mass is 16.4. The smallest absolute Gasteiger partial charge is 0.319 e. The molecule has 0 aromatic rings. The Kier molecular flexibility index (Phi) is 4.29. The van der Waals surface area contributed by atoms with Gasteiger partial charge in [0.05, 0.1) is 6.10 Å². The molecule has 0 aromatic carbocycles. The number of carbonyl (C=O) groups excluding carboxylic acids is 1. The van der Waals surface area contributed by atoms with Gasteiger partial charge in [0, 0.05) is 6.54 Å². The molecule has 0 radical (unpaired) electrons. The van der Waals surface area contributed by atoms with Gasteiger partial charge >= 0.3 is 5.97 Å². The van der Waals surface area contributed by atoms with Crippen LogP contribution in [0.15, 0.2) is 0 Å². The van der Waals surface area contributed by atoms with Crippen LogP contribution in [0.3, 0.4) is 0 Å². The van der Waals surface area contributed by atoms with Crippen molar-refractivity contribution >= 4 is 11.9 Å². The quantitative estimate of drug-likeness (QED) is 0.439. The van der Waals surface area contributed by atoms with Crippen molar-refractivity contribution in [2.24, 2.45) is 5.41 Å². The molecule has 1 aliphatic rings. The van der Waals surface area contributed by atoms with Gasteiger partial charge in [-0.3, -0.25) is 9.59 Å². The Labute approximate surface area is 94.8 Å². The molecule has 1 fully saturated rings. The largest absolute Gasteiger partial charge is 0.480 e. The van der Waals surface area contributed by atoms with E-state index in [2.05, 4.69) is 5.32 Å². The van der Waals surface area contributed by atoms with E-state index in [0.29, 0.717) is 38.6 Å². The van der Waals surface area contributed by atoms with E-state index in [9.17, 15) is 14.7 Å². The van der Waals surface area contributed by atoms with Crippen LogP contribution in [0.1, 0.15) is 39.0 Å². The zero-order valence-electron chi connectivity index (χ0n) is 9.53. The average Bonchev–Trinajstić information content (AvgIpc) is 3.04. The van der Waals surface area contributed by atoms with Crippen LogP contribution in [0.5, 0.6) is 0 Å². The number of hydrogen-bond acceptors (Lipinski definition) is 3. The molecule has 16 heavy (non-hydrogen) atoms. The molecule has 0 aliphatic heterocycles. The van der Waals surface area contributed by atoms with Gasteiger partial charge in [-0.25, -0.2) is 0 Å². The Hall–Kier alpha value is -1.10. The van der Waals surface area contributed by atoms with Crippen LogP contribution in [-0.4, -0.2) is 34.7 Å². The summed E-state index contributed by atoms with van der Waals surface area (Å²) in [5.41, 5.74) is -1.15. The van der Waals surface area contributed by atoms with Crippen molar-refractivity contribution in [1.82, 2.24) is 5.32 Å². The van der Waals surface area contributed by atoms with Gasteiger partial charge in [0.1, 0.15) is 5.41 Å². The summed E-state index contributed by atoms with van der Waals surface area (Å²) in [4.78, 5) is 22.3. The summed E-state index contributed by atoms with van der Waals surface area (Å²) in [6, 6.07) is 0. The predicted molar refractivity (Wildman–Crippen MR) is 57.8 cm³/mol. The summed E-state index contributed by atoms with van der Waals surface area (Å²) in [6.07, 6.45) is 2.56. The Balaban J connectivity index is 2.19. The molecule has 0 aromatic heterocycles. The molecule has 0 bridgehead atoms. The number of carboxylic acids is 1. The highest BCUT2D eigenvalue weighted by molar-refractivity contribution is 6.04. The molecular weight excluding hydrogens is 210 g/mol. The molecule has 3 N–H and O–H groups in total. The van der Waals surface area contributed by atoms with Crippen LogP contribution >= 0.6 is 0 Å². The van der Waals surface area contributed by atoms with Crippen molar-refractivity contribution in [2.75, 3.05) is 6.54 Å². The number of amides is 1. The first-order valence-corrected chi connectivity index (χ1v) is 5.72. The minimum Gasteiger partial charge on any atom is -0.480 e. The second kappa shape index (κ2) is 5.30. The van der Waals surface area contributed by atoms with E-state index < -0.39 is 11.4 Å². The maximum absolute atomic E-state index is 11.5. The molecule has 92 valence electrons. The molecule has 1 unspecified atom stereocenters. The van der Waals surface area contributed by atoms with E-state index in [1.807, 2.05) is 6.92 Å². The van der Waals surface area contributed by atoms with Gasteiger partial charge in [-0.2, -0.15) is 0 Å². The minimum absolute atomic E-state index is 0.328. The van der Waals surface area contributed by atoms with E-state index in [1.54, 1.807) is 0 Å².